The number of ether oxygens (including phenoxy) is 1. The van der Waals surface area contributed by atoms with Crippen LogP contribution in [0.25, 0.3) is 0 Å². The second kappa shape index (κ2) is 7.43. The van der Waals surface area contributed by atoms with Crippen molar-refractivity contribution in [3.05, 3.63) is 59.9 Å². The molecule has 4 heteroatoms. The van der Waals surface area contributed by atoms with Crippen LogP contribution in [0.2, 0.25) is 0 Å². The third kappa shape index (κ3) is 4.60. The molecule has 4 nitrogen and oxygen atoms in total. The molecule has 0 aliphatic rings. The van der Waals surface area contributed by atoms with Gasteiger partial charge in [0.05, 0.1) is 0 Å². The van der Waals surface area contributed by atoms with E-state index in [0.29, 0.717) is 13.0 Å². The first-order valence-corrected chi connectivity index (χ1v) is 7.09. The molecule has 1 N–H and O–H groups in total. The smallest absolute Gasteiger partial charge is 0.261 e. The van der Waals surface area contributed by atoms with Crippen molar-refractivity contribution < 1.29 is 9.53 Å². The summed E-state index contributed by atoms with van der Waals surface area (Å²) in [6.45, 7) is 4.42. The van der Waals surface area contributed by atoms with E-state index < -0.39 is 6.10 Å². The Morgan fingerprint density at radius 1 is 1.29 bits per heavy atom. The Labute approximate surface area is 125 Å². The second-order valence-electron chi connectivity index (χ2n) is 4.90. The third-order valence-electron chi connectivity index (χ3n) is 3.15. The van der Waals surface area contributed by atoms with E-state index in [1.165, 1.54) is 0 Å². The predicted molar refractivity (Wildman–Crippen MR) is 82.0 cm³/mol. The first-order valence-electron chi connectivity index (χ1n) is 7.09. The van der Waals surface area contributed by atoms with Crippen molar-refractivity contribution in [2.75, 3.05) is 0 Å². The molecule has 110 valence electrons. The minimum absolute atomic E-state index is 0.101. The number of carbonyl (C=O) groups is 1. The number of benzene rings is 1. The molecule has 1 heterocycles. The summed E-state index contributed by atoms with van der Waals surface area (Å²) in [7, 11) is 0. The van der Waals surface area contributed by atoms with Gasteiger partial charge in [0.1, 0.15) is 5.75 Å². The van der Waals surface area contributed by atoms with Crippen LogP contribution in [0, 0.1) is 6.92 Å². The molecule has 2 aromatic rings. The summed E-state index contributed by atoms with van der Waals surface area (Å²) in [4.78, 5) is 16.1. The summed E-state index contributed by atoms with van der Waals surface area (Å²) in [6.07, 6.45) is 3.56. The predicted octanol–water partition coefficient (Wildman–Crippen LogP) is 2.86. The van der Waals surface area contributed by atoms with E-state index in [2.05, 4.69) is 10.3 Å². The van der Waals surface area contributed by atoms with Gasteiger partial charge in [0.2, 0.25) is 0 Å². The zero-order valence-electron chi connectivity index (χ0n) is 12.4. The summed E-state index contributed by atoms with van der Waals surface area (Å²) in [5.41, 5.74) is 2.13. The lowest BCUT2D eigenvalue weighted by Gasteiger charge is -2.17. The largest absolute Gasteiger partial charge is 0.481 e. The van der Waals surface area contributed by atoms with E-state index in [1.807, 2.05) is 50.2 Å². The van der Waals surface area contributed by atoms with Gasteiger partial charge in [-0.25, -0.2) is 0 Å². The molecule has 0 bridgehead atoms. The van der Waals surface area contributed by atoms with Crippen LogP contribution in [0.15, 0.2) is 48.8 Å². The summed E-state index contributed by atoms with van der Waals surface area (Å²) in [5.74, 6) is 0.622. The van der Waals surface area contributed by atoms with E-state index in [-0.39, 0.29) is 5.91 Å². The second-order valence-corrected chi connectivity index (χ2v) is 4.90. The highest BCUT2D eigenvalue weighted by atomic mass is 16.5. The highest BCUT2D eigenvalue weighted by Crippen LogP contribution is 2.15. The zero-order chi connectivity index (χ0) is 15.1. The summed E-state index contributed by atoms with van der Waals surface area (Å²) in [6, 6.07) is 11.5. The molecule has 0 aliphatic carbocycles. The van der Waals surface area contributed by atoms with Crippen LogP contribution in [-0.4, -0.2) is 17.0 Å². The summed E-state index contributed by atoms with van der Waals surface area (Å²) >= 11 is 0. The average molecular weight is 284 g/mol. The number of carbonyl (C=O) groups excluding carboxylic acids is 1. The standard InChI is InChI=1S/C17H20N2O2/c1-3-16(21-15-6-4-5-13(2)11-15)17(20)19-12-14-7-9-18-10-8-14/h4-11,16H,3,12H2,1-2H3,(H,19,20). The Hall–Kier alpha value is -2.36. The Balaban J connectivity index is 1.92. The van der Waals surface area contributed by atoms with Crippen LogP contribution >= 0.6 is 0 Å². The number of pyridine rings is 1. The van der Waals surface area contributed by atoms with Crippen molar-refractivity contribution >= 4 is 5.91 Å². The van der Waals surface area contributed by atoms with Gasteiger partial charge >= 0.3 is 0 Å². The van der Waals surface area contributed by atoms with Crippen LogP contribution in [0.3, 0.4) is 0 Å². The van der Waals surface area contributed by atoms with E-state index in [0.717, 1.165) is 16.9 Å². The van der Waals surface area contributed by atoms with Crippen molar-refractivity contribution in [2.45, 2.75) is 32.9 Å². The van der Waals surface area contributed by atoms with Gasteiger partial charge in [0.25, 0.3) is 5.91 Å². The molecule has 2 rings (SSSR count). The molecule has 0 saturated carbocycles. The molecule has 1 aromatic carbocycles. The molecule has 1 amide bonds. The van der Waals surface area contributed by atoms with E-state index in [9.17, 15) is 4.79 Å². The number of aromatic nitrogens is 1. The van der Waals surface area contributed by atoms with Crippen LogP contribution in [0.5, 0.6) is 5.75 Å². The number of amides is 1. The SMILES string of the molecule is CCC(Oc1cccc(C)c1)C(=O)NCc1ccncc1. The van der Waals surface area contributed by atoms with Gasteiger partial charge in [-0.3, -0.25) is 9.78 Å². The number of aryl methyl sites for hydroxylation is 1. The van der Waals surface area contributed by atoms with Crippen LogP contribution in [0.4, 0.5) is 0 Å². The maximum atomic E-state index is 12.2. The number of rotatable bonds is 6. The topological polar surface area (TPSA) is 51.2 Å². The lowest BCUT2D eigenvalue weighted by Crippen LogP contribution is -2.37. The molecule has 0 aliphatic heterocycles. The normalized spacial score (nSPS) is 11.7. The maximum Gasteiger partial charge on any atom is 0.261 e. The lowest BCUT2D eigenvalue weighted by atomic mass is 10.2. The molecule has 1 unspecified atom stereocenters. The van der Waals surface area contributed by atoms with Crippen molar-refractivity contribution in [2.24, 2.45) is 0 Å². The van der Waals surface area contributed by atoms with Crippen molar-refractivity contribution in [1.29, 1.82) is 0 Å². The Morgan fingerprint density at radius 3 is 2.71 bits per heavy atom. The minimum Gasteiger partial charge on any atom is -0.481 e. The van der Waals surface area contributed by atoms with E-state index in [1.54, 1.807) is 12.4 Å². The Kier molecular flexibility index (Phi) is 5.32. The number of hydrogen-bond donors (Lipinski definition) is 1. The van der Waals surface area contributed by atoms with Gasteiger partial charge in [-0.1, -0.05) is 19.1 Å². The number of nitrogens with zero attached hydrogens (tertiary/aromatic N) is 1. The van der Waals surface area contributed by atoms with Gasteiger partial charge < -0.3 is 10.1 Å². The molecule has 1 atom stereocenters. The fourth-order valence-corrected chi connectivity index (χ4v) is 1.98. The maximum absolute atomic E-state index is 12.2. The molecule has 0 radical (unpaired) electrons. The van der Waals surface area contributed by atoms with Crippen molar-refractivity contribution in [3.63, 3.8) is 0 Å². The molecule has 1 aromatic heterocycles. The molecule has 21 heavy (non-hydrogen) atoms. The zero-order valence-corrected chi connectivity index (χ0v) is 12.4. The van der Waals surface area contributed by atoms with Gasteiger partial charge in [-0.15, -0.1) is 0 Å². The minimum atomic E-state index is -0.478. The fraction of sp³-hybridized carbons (Fsp3) is 0.294. The Bertz CT molecular complexity index is 584. The quantitative estimate of drug-likeness (QED) is 0.887. The van der Waals surface area contributed by atoms with Gasteiger partial charge in [-0.2, -0.15) is 0 Å². The van der Waals surface area contributed by atoms with Gasteiger partial charge in [-0.05, 0) is 48.7 Å². The van der Waals surface area contributed by atoms with Crippen molar-refractivity contribution in [3.8, 4) is 5.75 Å². The highest BCUT2D eigenvalue weighted by Gasteiger charge is 2.17. The third-order valence-corrected chi connectivity index (χ3v) is 3.15. The highest BCUT2D eigenvalue weighted by molar-refractivity contribution is 5.81. The average Bonchev–Trinajstić information content (AvgIpc) is 2.51. The van der Waals surface area contributed by atoms with Crippen LogP contribution in [-0.2, 0) is 11.3 Å². The molecular formula is C17H20N2O2. The molecule has 0 fully saturated rings. The van der Waals surface area contributed by atoms with E-state index in [4.69, 9.17) is 4.74 Å². The molecule has 0 saturated heterocycles. The molecule has 0 spiro atoms. The summed E-state index contributed by atoms with van der Waals surface area (Å²) < 4.78 is 5.77. The van der Waals surface area contributed by atoms with Crippen LogP contribution in [0.1, 0.15) is 24.5 Å². The van der Waals surface area contributed by atoms with Crippen molar-refractivity contribution in [1.82, 2.24) is 10.3 Å². The fourth-order valence-electron chi connectivity index (χ4n) is 1.98. The van der Waals surface area contributed by atoms with Gasteiger partial charge in [0.15, 0.2) is 6.10 Å². The Morgan fingerprint density at radius 2 is 2.05 bits per heavy atom. The first-order chi connectivity index (χ1) is 10.2. The van der Waals surface area contributed by atoms with E-state index >= 15 is 0 Å². The molecular weight excluding hydrogens is 264 g/mol. The monoisotopic (exact) mass is 284 g/mol. The number of hydrogen-bond acceptors (Lipinski definition) is 3. The van der Waals surface area contributed by atoms with Crippen LogP contribution < -0.4 is 10.1 Å². The first kappa shape index (κ1) is 15.0. The van der Waals surface area contributed by atoms with Gasteiger partial charge in [0, 0.05) is 18.9 Å². The lowest BCUT2D eigenvalue weighted by molar-refractivity contribution is -0.128. The number of nitrogens with one attached hydrogen (secondary N) is 1. The summed E-state index contributed by atoms with van der Waals surface area (Å²) in [5, 5.41) is 2.89.